The zero-order chi connectivity index (χ0) is 15.2. The molecule has 6 nitrogen and oxygen atoms in total. The molecule has 0 radical (unpaired) electrons. The van der Waals surface area contributed by atoms with E-state index in [1.807, 2.05) is 19.1 Å². The van der Waals surface area contributed by atoms with Crippen LogP contribution >= 0.6 is 0 Å². The molecule has 0 unspecified atom stereocenters. The molecular weight excluding hydrogens is 272 g/mol. The van der Waals surface area contributed by atoms with Crippen molar-refractivity contribution in [2.24, 2.45) is 0 Å². The smallest absolute Gasteiger partial charge is 0.329 e. The summed E-state index contributed by atoms with van der Waals surface area (Å²) in [6.07, 6.45) is 3.30. The lowest BCUT2D eigenvalue weighted by atomic mass is 10.1. The molecule has 0 atom stereocenters. The molecule has 21 heavy (non-hydrogen) atoms. The average molecular weight is 292 g/mol. The SMILES string of the molecule is Cc1cccnc1CC(=O)N1CCC(OCC(=O)O)CC1. The topological polar surface area (TPSA) is 79.7 Å². The Kier molecular flexibility index (Phi) is 5.27. The van der Waals surface area contributed by atoms with E-state index in [0.29, 0.717) is 32.4 Å². The number of aromatic nitrogens is 1. The molecule has 1 aromatic rings. The number of ether oxygens (including phenoxy) is 1. The number of pyridine rings is 1. The number of aryl methyl sites for hydroxylation is 1. The number of nitrogens with zero attached hydrogens (tertiary/aromatic N) is 2. The number of piperidine rings is 1. The molecule has 114 valence electrons. The van der Waals surface area contributed by atoms with Gasteiger partial charge < -0.3 is 14.7 Å². The minimum atomic E-state index is -0.959. The molecule has 1 saturated heterocycles. The third kappa shape index (κ3) is 4.53. The Morgan fingerprint density at radius 1 is 1.43 bits per heavy atom. The number of carboxylic acid groups (broad SMARTS) is 1. The van der Waals surface area contributed by atoms with E-state index in [1.165, 1.54) is 0 Å². The van der Waals surface area contributed by atoms with Crippen LogP contribution in [0.25, 0.3) is 0 Å². The summed E-state index contributed by atoms with van der Waals surface area (Å²) in [4.78, 5) is 28.7. The number of carboxylic acids is 1. The van der Waals surface area contributed by atoms with E-state index in [9.17, 15) is 9.59 Å². The van der Waals surface area contributed by atoms with Gasteiger partial charge in [-0.05, 0) is 31.4 Å². The van der Waals surface area contributed by atoms with Crippen molar-refractivity contribution in [3.63, 3.8) is 0 Å². The number of carbonyl (C=O) groups is 2. The van der Waals surface area contributed by atoms with Crippen molar-refractivity contribution in [1.29, 1.82) is 0 Å². The highest BCUT2D eigenvalue weighted by Crippen LogP contribution is 2.15. The molecule has 6 heteroatoms. The highest BCUT2D eigenvalue weighted by atomic mass is 16.5. The highest BCUT2D eigenvalue weighted by Gasteiger charge is 2.24. The first kappa shape index (κ1) is 15.4. The lowest BCUT2D eigenvalue weighted by molar-refractivity contribution is -0.146. The number of rotatable bonds is 5. The zero-order valence-corrected chi connectivity index (χ0v) is 12.1. The summed E-state index contributed by atoms with van der Waals surface area (Å²) < 4.78 is 5.26. The minimum Gasteiger partial charge on any atom is -0.480 e. The third-order valence-electron chi connectivity index (χ3n) is 3.67. The van der Waals surface area contributed by atoms with Crippen molar-refractivity contribution in [2.45, 2.75) is 32.3 Å². The summed E-state index contributed by atoms with van der Waals surface area (Å²) in [6.45, 7) is 2.89. The zero-order valence-electron chi connectivity index (χ0n) is 12.1. The Morgan fingerprint density at radius 3 is 2.76 bits per heavy atom. The van der Waals surface area contributed by atoms with Gasteiger partial charge in [-0.1, -0.05) is 6.07 Å². The second-order valence-corrected chi connectivity index (χ2v) is 5.23. The van der Waals surface area contributed by atoms with E-state index in [-0.39, 0.29) is 18.6 Å². The van der Waals surface area contributed by atoms with Crippen molar-refractivity contribution in [1.82, 2.24) is 9.88 Å². The molecule has 1 aliphatic heterocycles. The molecule has 0 bridgehead atoms. The van der Waals surface area contributed by atoms with Crippen LogP contribution in [0.5, 0.6) is 0 Å². The Labute approximate surface area is 123 Å². The molecule has 0 saturated carbocycles. The molecule has 1 N–H and O–H groups in total. The lowest BCUT2D eigenvalue weighted by Gasteiger charge is -2.31. The van der Waals surface area contributed by atoms with E-state index in [0.717, 1.165) is 11.3 Å². The Balaban J connectivity index is 1.81. The summed E-state index contributed by atoms with van der Waals surface area (Å²) in [6, 6.07) is 3.80. The van der Waals surface area contributed by atoms with Gasteiger partial charge in [-0.2, -0.15) is 0 Å². The van der Waals surface area contributed by atoms with Gasteiger partial charge in [-0.15, -0.1) is 0 Å². The summed E-state index contributed by atoms with van der Waals surface area (Å²) in [5, 5.41) is 8.58. The fourth-order valence-electron chi connectivity index (χ4n) is 2.42. The van der Waals surface area contributed by atoms with Crippen LogP contribution in [0.15, 0.2) is 18.3 Å². The fourth-order valence-corrected chi connectivity index (χ4v) is 2.42. The van der Waals surface area contributed by atoms with Gasteiger partial charge in [0.1, 0.15) is 6.61 Å². The quantitative estimate of drug-likeness (QED) is 0.876. The van der Waals surface area contributed by atoms with Crippen LogP contribution in [-0.4, -0.2) is 52.7 Å². The Bertz CT molecular complexity index is 510. The highest BCUT2D eigenvalue weighted by molar-refractivity contribution is 5.78. The van der Waals surface area contributed by atoms with Crippen LogP contribution in [0.3, 0.4) is 0 Å². The molecule has 1 aliphatic rings. The standard InChI is InChI=1S/C15H20N2O4/c1-11-3-2-6-16-13(11)9-14(18)17-7-4-12(5-8-17)21-10-15(19)20/h2-3,6,12H,4-5,7-10H2,1H3,(H,19,20). The number of hydrogen-bond donors (Lipinski definition) is 1. The van der Waals surface area contributed by atoms with Gasteiger partial charge in [-0.3, -0.25) is 9.78 Å². The summed E-state index contributed by atoms with van der Waals surface area (Å²) >= 11 is 0. The van der Waals surface area contributed by atoms with Crippen molar-refractivity contribution in [3.05, 3.63) is 29.6 Å². The number of hydrogen-bond acceptors (Lipinski definition) is 4. The number of amides is 1. The maximum Gasteiger partial charge on any atom is 0.329 e. The normalized spacial score (nSPS) is 16.0. The summed E-state index contributed by atoms with van der Waals surface area (Å²) in [7, 11) is 0. The van der Waals surface area contributed by atoms with Gasteiger partial charge >= 0.3 is 5.97 Å². The first-order valence-electron chi connectivity index (χ1n) is 7.08. The Hall–Kier alpha value is -1.95. The first-order valence-corrected chi connectivity index (χ1v) is 7.08. The fraction of sp³-hybridized carbons (Fsp3) is 0.533. The van der Waals surface area contributed by atoms with Gasteiger partial charge in [-0.25, -0.2) is 4.79 Å². The number of likely N-dealkylation sites (tertiary alicyclic amines) is 1. The lowest BCUT2D eigenvalue weighted by Crippen LogP contribution is -2.42. The van der Waals surface area contributed by atoms with Crippen LogP contribution < -0.4 is 0 Å². The van der Waals surface area contributed by atoms with E-state index >= 15 is 0 Å². The third-order valence-corrected chi connectivity index (χ3v) is 3.67. The minimum absolute atomic E-state index is 0.0634. The second-order valence-electron chi connectivity index (χ2n) is 5.23. The summed E-state index contributed by atoms with van der Waals surface area (Å²) in [5.74, 6) is -0.896. The molecule has 1 fully saturated rings. The molecule has 0 aromatic carbocycles. The van der Waals surface area contributed by atoms with Crippen molar-refractivity contribution >= 4 is 11.9 Å². The van der Waals surface area contributed by atoms with Crippen molar-refractivity contribution < 1.29 is 19.4 Å². The molecule has 2 heterocycles. The molecule has 1 aromatic heterocycles. The van der Waals surface area contributed by atoms with E-state index < -0.39 is 5.97 Å². The van der Waals surface area contributed by atoms with Gasteiger partial charge in [0.15, 0.2) is 0 Å². The largest absolute Gasteiger partial charge is 0.480 e. The monoisotopic (exact) mass is 292 g/mol. The second kappa shape index (κ2) is 7.17. The van der Waals surface area contributed by atoms with Crippen molar-refractivity contribution in [2.75, 3.05) is 19.7 Å². The molecular formula is C15H20N2O4. The molecule has 1 amide bonds. The van der Waals surface area contributed by atoms with Crippen LogP contribution in [0.1, 0.15) is 24.1 Å². The van der Waals surface area contributed by atoms with Gasteiger partial charge in [0.25, 0.3) is 0 Å². The van der Waals surface area contributed by atoms with Crippen molar-refractivity contribution in [3.8, 4) is 0 Å². The van der Waals surface area contributed by atoms with Crippen LogP contribution in [0.2, 0.25) is 0 Å². The Morgan fingerprint density at radius 2 is 2.14 bits per heavy atom. The van der Waals surface area contributed by atoms with Crippen LogP contribution in [-0.2, 0) is 20.7 Å². The van der Waals surface area contributed by atoms with Crippen LogP contribution in [0.4, 0.5) is 0 Å². The summed E-state index contributed by atoms with van der Waals surface area (Å²) in [5.41, 5.74) is 1.83. The number of carbonyl (C=O) groups excluding carboxylic acids is 1. The van der Waals surface area contributed by atoms with Gasteiger partial charge in [0.05, 0.1) is 18.2 Å². The van der Waals surface area contributed by atoms with Gasteiger partial charge in [0.2, 0.25) is 5.91 Å². The molecule has 0 spiro atoms. The first-order chi connectivity index (χ1) is 10.1. The maximum atomic E-state index is 12.2. The van der Waals surface area contributed by atoms with E-state index in [2.05, 4.69) is 4.98 Å². The maximum absolute atomic E-state index is 12.2. The molecule has 2 rings (SSSR count). The predicted molar refractivity (Wildman–Crippen MR) is 75.9 cm³/mol. The van der Waals surface area contributed by atoms with E-state index in [1.54, 1.807) is 11.1 Å². The average Bonchev–Trinajstić information content (AvgIpc) is 2.48. The molecule has 0 aliphatic carbocycles. The number of aliphatic carboxylic acids is 1. The predicted octanol–water partition coefficient (Wildman–Crippen LogP) is 1.02. The van der Waals surface area contributed by atoms with Gasteiger partial charge in [0, 0.05) is 19.3 Å². The van der Waals surface area contributed by atoms with Crippen LogP contribution in [0, 0.1) is 6.92 Å². The van der Waals surface area contributed by atoms with E-state index in [4.69, 9.17) is 9.84 Å².